The van der Waals surface area contributed by atoms with Crippen LogP contribution in [0.2, 0.25) is 0 Å². The van der Waals surface area contributed by atoms with Crippen LogP contribution in [0.25, 0.3) is 0 Å². The largest absolute Gasteiger partial charge is 0.363 e. The monoisotopic (exact) mass is 344 g/mol. The highest BCUT2D eigenvalue weighted by atomic mass is 79.9. The van der Waals surface area contributed by atoms with E-state index in [1.165, 1.54) is 26.9 Å². The summed E-state index contributed by atoms with van der Waals surface area (Å²) < 4.78 is 1.18. The zero-order valence-corrected chi connectivity index (χ0v) is 14.2. The SMILES string of the molecule is CC(C)NCc1ccc(N2Cc3ccccc3C2)cc1Br. The van der Waals surface area contributed by atoms with E-state index >= 15 is 0 Å². The smallest absolute Gasteiger partial charge is 0.0436 e. The minimum absolute atomic E-state index is 0.504. The van der Waals surface area contributed by atoms with Crippen LogP contribution in [0.15, 0.2) is 46.9 Å². The first kappa shape index (κ1) is 14.6. The second kappa shape index (κ2) is 6.20. The van der Waals surface area contributed by atoms with Crippen molar-refractivity contribution in [2.45, 2.75) is 39.5 Å². The Morgan fingerprint density at radius 3 is 2.33 bits per heavy atom. The predicted molar refractivity (Wildman–Crippen MR) is 92.4 cm³/mol. The third-order valence-electron chi connectivity index (χ3n) is 3.94. The zero-order valence-electron chi connectivity index (χ0n) is 12.6. The van der Waals surface area contributed by atoms with Crippen molar-refractivity contribution in [3.63, 3.8) is 0 Å². The highest BCUT2D eigenvalue weighted by Crippen LogP contribution is 2.31. The van der Waals surface area contributed by atoms with Crippen LogP contribution < -0.4 is 10.2 Å². The summed E-state index contributed by atoms with van der Waals surface area (Å²) in [5, 5.41) is 3.46. The van der Waals surface area contributed by atoms with Crippen molar-refractivity contribution >= 4 is 21.6 Å². The molecule has 0 atom stereocenters. The molecule has 1 aliphatic rings. The van der Waals surface area contributed by atoms with E-state index in [0.29, 0.717) is 6.04 Å². The van der Waals surface area contributed by atoms with E-state index in [1.807, 2.05) is 0 Å². The van der Waals surface area contributed by atoms with Gasteiger partial charge in [-0.25, -0.2) is 0 Å². The van der Waals surface area contributed by atoms with Gasteiger partial charge in [-0.15, -0.1) is 0 Å². The maximum Gasteiger partial charge on any atom is 0.0436 e. The van der Waals surface area contributed by atoms with Gasteiger partial charge in [0.25, 0.3) is 0 Å². The molecule has 2 aromatic rings. The molecule has 0 fully saturated rings. The summed E-state index contributed by atoms with van der Waals surface area (Å²) in [6, 6.07) is 15.9. The topological polar surface area (TPSA) is 15.3 Å². The van der Waals surface area contributed by atoms with E-state index in [1.54, 1.807) is 0 Å². The zero-order chi connectivity index (χ0) is 14.8. The molecule has 1 N–H and O–H groups in total. The minimum atomic E-state index is 0.504. The highest BCUT2D eigenvalue weighted by Gasteiger charge is 2.19. The molecule has 0 saturated heterocycles. The van der Waals surface area contributed by atoms with E-state index in [0.717, 1.165) is 19.6 Å². The Bertz CT molecular complexity index is 612. The lowest BCUT2D eigenvalue weighted by molar-refractivity contribution is 0.588. The molecule has 110 valence electrons. The lowest BCUT2D eigenvalue weighted by Gasteiger charge is -2.19. The van der Waals surface area contributed by atoms with Crippen LogP contribution in [0, 0.1) is 0 Å². The molecular weight excluding hydrogens is 324 g/mol. The molecule has 3 heteroatoms. The van der Waals surface area contributed by atoms with Gasteiger partial charge in [-0.2, -0.15) is 0 Å². The maximum absolute atomic E-state index is 3.71. The van der Waals surface area contributed by atoms with Crippen LogP contribution in [0.4, 0.5) is 5.69 Å². The van der Waals surface area contributed by atoms with Gasteiger partial charge in [-0.3, -0.25) is 0 Å². The van der Waals surface area contributed by atoms with Gasteiger partial charge in [0.2, 0.25) is 0 Å². The summed E-state index contributed by atoms with van der Waals surface area (Å²) in [6.45, 7) is 7.25. The van der Waals surface area contributed by atoms with Crippen molar-refractivity contribution in [2.75, 3.05) is 4.90 Å². The molecule has 0 saturated carbocycles. The first-order valence-electron chi connectivity index (χ1n) is 7.47. The average molecular weight is 345 g/mol. The number of hydrogen-bond acceptors (Lipinski definition) is 2. The number of nitrogens with zero attached hydrogens (tertiary/aromatic N) is 1. The van der Waals surface area contributed by atoms with Gasteiger partial charge in [-0.1, -0.05) is 60.1 Å². The van der Waals surface area contributed by atoms with Gasteiger partial charge >= 0.3 is 0 Å². The van der Waals surface area contributed by atoms with Gasteiger partial charge in [0.15, 0.2) is 0 Å². The number of hydrogen-bond donors (Lipinski definition) is 1. The second-order valence-electron chi connectivity index (χ2n) is 5.94. The van der Waals surface area contributed by atoms with Crippen molar-refractivity contribution in [2.24, 2.45) is 0 Å². The normalized spacial score (nSPS) is 13.8. The Labute approximate surface area is 135 Å². The molecule has 1 aliphatic heterocycles. The highest BCUT2D eigenvalue weighted by molar-refractivity contribution is 9.10. The number of nitrogens with one attached hydrogen (secondary N) is 1. The molecule has 0 unspecified atom stereocenters. The first-order chi connectivity index (χ1) is 10.1. The standard InChI is InChI=1S/C18H21BrN2/c1-13(2)20-10-14-7-8-17(9-18(14)19)21-11-15-5-3-4-6-16(15)12-21/h3-9,13,20H,10-12H2,1-2H3. The molecule has 21 heavy (non-hydrogen) atoms. The molecule has 0 aliphatic carbocycles. The Balaban J connectivity index is 1.75. The average Bonchev–Trinajstić information content (AvgIpc) is 2.89. The van der Waals surface area contributed by atoms with Crippen molar-refractivity contribution < 1.29 is 0 Å². The number of halogens is 1. The van der Waals surface area contributed by atoms with E-state index in [2.05, 4.69) is 82.5 Å². The van der Waals surface area contributed by atoms with Crippen LogP contribution in [-0.2, 0) is 19.6 Å². The summed E-state index contributed by atoms with van der Waals surface area (Å²) in [6.07, 6.45) is 0. The van der Waals surface area contributed by atoms with E-state index in [4.69, 9.17) is 0 Å². The summed E-state index contributed by atoms with van der Waals surface area (Å²) in [7, 11) is 0. The fraction of sp³-hybridized carbons (Fsp3) is 0.333. The maximum atomic E-state index is 3.71. The fourth-order valence-electron chi connectivity index (χ4n) is 2.71. The van der Waals surface area contributed by atoms with Crippen molar-refractivity contribution in [1.82, 2.24) is 5.32 Å². The van der Waals surface area contributed by atoms with Gasteiger partial charge in [-0.05, 0) is 28.8 Å². The number of fused-ring (bicyclic) bond motifs is 1. The summed E-state index contributed by atoms with van der Waals surface area (Å²) in [5.74, 6) is 0. The number of anilines is 1. The lowest BCUT2D eigenvalue weighted by Crippen LogP contribution is -2.22. The summed E-state index contributed by atoms with van der Waals surface area (Å²) >= 11 is 3.71. The lowest BCUT2D eigenvalue weighted by atomic mass is 10.1. The molecule has 2 aromatic carbocycles. The third-order valence-corrected chi connectivity index (χ3v) is 4.68. The Hall–Kier alpha value is -1.32. The summed E-state index contributed by atoms with van der Waals surface area (Å²) in [4.78, 5) is 2.43. The van der Waals surface area contributed by atoms with E-state index in [-0.39, 0.29) is 0 Å². The fourth-order valence-corrected chi connectivity index (χ4v) is 3.21. The van der Waals surface area contributed by atoms with E-state index in [9.17, 15) is 0 Å². The molecule has 0 aromatic heterocycles. The van der Waals surface area contributed by atoms with Crippen LogP contribution in [-0.4, -0.2) is 6.04 Å². The number of benzene rings is 2. The van der Waals surface area contributed by atoms with Crippen LogP contribution in [0.3, 0.4) is 0 Å². The molecule has 0 radical (unpaired) electrons. The van der Waals surface area contributed by atoms with Crippen LogP contribution in [0.1, 0.15) is 30.5 Å². The van der Waals surface area contributed by atoms with Gasteiger partial charge in [0, 0.05) is 35.8 Å². The molecule has 1 heterocycles. The van der Waals surface area contributed by atoms with Gasteiger partial charge < -0.3 is 10.2 Å². The molecule has 0 bridgehead atoms. The Morgan fingerprint density at radius 2 is 1.76 bits per heavy atom. The van der Waals surface area contributed by atoms with E-state index < -0.39 is 0 Å². The minimum Gasteiger partial charge on any atom is -0.363 e. The second-order valence-corrected chi connectivity index (χ2v) is 6.79. The van der Waals surface area contributed by atoms with Crippen molar-refractivity contribution in [3.8, 4) is 0 Å². The Kier molecular flexibility index (Phi) is 4.32. The molecule has 2 nitrogen and oxygen atoms in total. The van der Waals surface area contributed by atoms with Crippen LogP contribution in [0.5, 0.6) is 0 Å². The number of rotatable bonds is 4. The molecule has 0 spiro atoms. The molecule has 3 rings (SSSR count). The third kappa shape index (κ3) is 3.30. The predicted octanol–water partition coefficient (Wildman–Crippen LogP) is 4.47. The van der Waals surface area contributed by atoms with Gasteiger partial charge in [0.1, 0.15) is 0 Å². The Morgan fingerprint density at radius 1 is 1.10 bits per heavy atom. The quantitative estimate of drug-likeness (QED) is 0.880. The first-order valence-corrected chi connectivity index (χ1v) is 8.26. The molecular formula is C18H21BrN2. The van der Waals surface area contributed by atoms with Crippen molar-refractivity contribution in [1.29, 1.82) is 0 Å². The van der Waals surface area contributed by atoms with Gasteiger partial charge in [0.05, 0.1) is 0 Å². The summed E-state index contributed by atoms with van der Waals surface area (Å²) in [5.41, 5.74) is 5.48. The van der Waals surface area contributed by atoms with Crippen molar-refractivity contribution in [3.05, 3.63) is 63.6 Å². The van der Waals surface area contributed by atoms with Crippen LogP contribution >= 0.6 is 15.9 Å². The molecule has 0 amide bonds.